The number of nitrogens with two attached hydrogens (primary N) is 1. The molecule has 10 heteroatoms. The Morgan fingerprint density at radius 1 is 1.06 bits per heavy atom. The molecule has 0 heterocycles. The number of phosphoric ester groups is 1. The predicted molar refractivity (Wildman–Crippen MR) is 117 cm³/mol. The first-order valence-electron chi connectivity index (χ1n) is 9.75. The van der Waals surface area contributed by atoms with Crippen molar-refractivity contribution >= 4 is 19.4 Å². The second kappa shape index (κ2) is 11.3. The van der Waals surface area contributed by atoms with Crippen LogP contribution in [0.25, 0.3) is 0 Å². The molecule has 0 saturated carbocycles. The lowest BCUT2D eigenvalue weighted by atomic mass is 10.0. The topological polar surface area (TPSA) is 140 Å². The Morgan fingerprint density at radius 3 is 2.26 bits per heavy atom. The number of ether oxygens (including phenoxy) is 2. The molecule has 9 nitrogen and oxygen atoms in total. The normalized spacial score (nSPS) is 13.3. The maximum absolute atomic E-state index is 12.2. The van der Waals surface area contributed by atoms with Crippen LogP contribution in [-0.4, -0.2) is 41.6 Å². The smallest absolute Gasteiger partial charge is 0.469 e. The molecule has 170 valence electrons. The van der Waals surface area contributed by atoms with Gasteiger partial charge < -0.3 is 30.3 Å². The summed E-state index contributed by atoms with van der Waals surface area (Å²) in [5.41, 5.74) is 5.90. The van der Waals surface area contributed by atoms with Gasteiger partial charge in [-0.3, -0.25) is 9.32 Å². The quantitative estimate of drug-likeness (QED) is 0.285. The lowest BCUT2D eigenvalue weighted by molar-refractivity contribution is -0.121. The Hall–Kier alpha value is -2.42. The van der Waals surface area contributed by atoms with E-state index in [1.807, 2.05) is 12.1 Å². The molecule has 0 aliphatic rings. The van der Waals surface area contributed by atoms with Gasteiger partial charge in [0, 0.05) is 5.69 Å². The molecule has 0 aromatic heterocycles. The molecule has 1 amide bonds. The Bertz CT molecular complexity index is 880. The summed E-state index contributed by atoms with van der Waals surface area (Å²) in [5.74, 6) is 0.883. The lowest BCUT2D eigenvalue weighted by Crippen LogP contribution is -2.52. The molecule has 31 heavy (non-hydrogen) atoms. The van der Waals surface area contributed by atoms with Crippen LogP contribution in [0.4, 0.5) is 5.69 Å². The van der Waals surface area contributed by atoms with E-state index in [4.69, 9.17) is 25.0 Å². The molecule has 0 bridgehead atoms. The first kappa shape index (κ1) is 24.8. The molecular weight excluding hydrogens is 423 g/mol. The van der Waals surface area contributed by atoms with Gasteiger partial charge in [0.25, 0.3) is 0 Å². The van der Waals surface area contributed by atoms with Crippen LogP contribution in [0.2, 0.25) is 0 Å². The van der Waals surface area contributed by atoms with Crippen molar-refractivity contribution in [2.45, 2.75) is 31.7 Å². The van der Waals surface area contributed by atoms with Crippen molar-refractivity contribution in [3.8, 4) is 11.5 Å². The summed E-state index contributed by atoms with van der Waals surface area (Å²) in [6.07, 6.45) is 2.85. The third-order valence-electron chi connectivity index (χ3n) is 4.45. The summed E-state index contributed by atoms with van der Waals surface area (Å²) in [4.78, 5) is 29.7. The van der Waals surface area contributed by atoms with Gasteiger partial charge in [0.05, 0.1) is 20.3 Å². The standard InChI is InChI=1S/C21H29N2O7P/c1-21(22,15-30-31(25,26)27)20(24)23-17-8-12-19(13-9-17)29-14-4-3-5-16-6-10-18(28-2)11-7-16/h6-13H,3-5,14-15,22H2,1-2H3,(H,23,24)(H2,25,26,27)/t21-/m0/s1. The molecule has 1 atom stereocenters. The molecule has 2 aromatic carbocycles. The Labute approximate surface area is 181 Å². The summed E-state index contributed by atoms with van der Waals surface area (Å²) in [7, 11) is -3.06. The maximum atomic E-state index is 12.2. The van der Waals surface area contributed by atoms with Gasteiger partial charge in [0.1, 0.15) is 17.0 Å². The van der Waals surface area contributed by atoms with Crippen LogP contribution < -0.4 is 20.5 Å². The lowest BCUT2D eigenvalue weighted by Gasteiger charge is -2.23. The van der Waals surface area contributed by atoms with E-state index in [9.17, 15) is 9.36 Å². The average Bonchev–Trinajstić information content (AvgIpc) is 2.73. The minimum Gasteiger partial charge on any atom is -0.497 e. The molecule has 2 aromatic rings. The van der Waals surface area contributed by atoms with Crippen LogP contribution in [0.3, 0.4) is 0 Å². The summed E-state index contributed by atoms with van der Waals surface area (Å²) in [5, 5.41) is 2.59. The number of rotatable bonds is 12. The van der Waals surface area contributed by atoms with E-state index in [0.717, 1.165) is 25.0 Å². The minimum absolute atomic E-state index is 0.477. The highest BCUT2D eigenvalue weighted by Crippen LogP contribution is 2.36. The summed E-state index contributed by atoms with van der Waals surface area (Å²) < 4.78 is 26.0. The van der Waals surface area contributed by atoms with E-state index in [0.29, 0.717) is 18.0 Å². The second-order valence-corrected chi connectivity index (χ2v) is 8.55. The predicted octanol–water partition coefficient (Wildman–Crippen LogP) is 2.86. The fourth-order valence-corrected chi connectivity index (χ4v) is 3.04. The number of nitrogens with one attached hydrogen (secondary N) is 1. The molecule has 0 aliphatic carbocycles. The van der Waals surface area contributed by atoms with Gasteiger partial charge in [-0.2, -0.15) is 0 Å². The van der Waals surface area contributed by atoms with E-state index in [1.54, 1.807) is 31.4 Å². The molecule has 0 aliphatic heterocycles. The fourth-order valence-electron chi connectivity index (χ4n) is 2.61. The van der Waals surface area contributed by atoms with Crippen molar-refractivity contribution in [1.29, 1.82) is 0 Å². The first-order valence-corrected chi connectivity index (χ1v) is 11.3. The second-order valence-electron chi connectivity index (χ2n) is 7.31. The molecular formula is C21H29N2O7P. The van der Waals surface area contributed by atoms with Gasteiger partial charge in [0.2, 0.25) is 5.91 Å². The van der Waals surface area contributed by atoms with Gasteiger partial charge in [-0.05, 0) is 68.1 Å². The van der Waals surface area contributed by atoms with E-state index in [1.165, 1.54) is 12.5 Å². The number of anilines is 1. The molecule has 0 fully saturated rings. The number of phosphoric acid groups is 1. The van der Waals surface area contributed by atoms with Crippen LogP contribution in [0, 0.1) is 0 Å². The highest BCUT2D eigenvalue weighted by Gasteiger charge is 2.32. The van der Waals surface area contributed by atoms with Crippen LogP contribution in [0.5, 0.6) is 11.5 Å². The largest absolute Gasteiger partial charge is 0.497 e. The van der Waals surface area contributed by atoms with E-state index in [2.05, 4.69) is 22.0 Å². The number of carbonyl (C=O) groups excluding carboxylic acids is 1. The highest BCUT2D eigenvalue weighted by molar-refractivity contribution is 7.46. The SMILES string of the molecule is COc1ccc(CCCCOc2ccc(NC(=O)[C@@](C)(N)COP(=O)(O)O)cc2)cc1. The third kappa shape index (κ3) is 9.08. The van der Waals surface area contributed by atoms with Gasteiger partial charge in [-0.25, -0.2) is 4.57 Å². The number of aryl methyl sites for hydroxylation is 1. The number of amides is 1. The van der Waals surface area contributed by atoms with Crippen LogP contribution in [0.1, 0.15) is 25.3 Å². The molecule has 0 saturated heterocycles. The third-order valence-corrected chi connectivity index (χ3v) is 4.92. The number of methoxy groups -OCH3 is 1. The van der Waals surface area contributed by atoms with Crippen LogP contribution >= 0.6 is 7.82 Å². The van der Waals surface area contributed by atoms with Crippen molar-refractivity contribution in [2.75, 3.05) is 25.6 Å². The molecule has 0 unspecified atom stereocenters. The average molecular weight is 452 g/mol. The molecule has 0 radical (unpaired) electrons. The van der Waals surface area contributed by atoms with Crippen LogP contribution in [0.15, 0.2) is 48.5 Å². The van der Waals surface area contributed by atoms with Crippen molar-refractivity contribution in [1.82, 2.24) is 0 Å². The van der Waals surface area contributed by atoms with E-state index >= 15 is 0 Å². The zero-order valence-electron chi connectivity index (χ0n) is 17.6. The molecule has 5 N–H and O–H groups in total. The number of hydrogen-bond donors (Lipinski definition) is 4. The van der Waals surface area contributed by atoms with Gasteiger partial charge in [-0.1, -0.05) is 12.1 Å². The van der Waals surface area contributed by atoms with Gasteiger partial charge >= 0.3 is 7.82 Å². The van der Waals surface area contributed by atoms with Crippen molar-refractivity contribution in [3.05, 3.63) is 54.1 Å². The van der Waals surface area contributed by atoms with Crippen molar-refractivity contribution in [2.24, 2.45) is 5.73 Å². The van der Waals surface area contributed by atoms with E-state index in [-0.39, 0.29) is 0 Å². The zero-order chi connectivity index (χ0) is 22.9. The highest BCUT2D eigenvalue weighted by atomic mass is 31.2. The maximum Gasteiger partial charge on any atom is 0.469 e. The fraction of sp³-hybridized carbons (Fsp3) is 0.381. The van der Waals surface area contributed by atoms with Crippen molar-refractivity contribution < 1.29 is 33.1 Å². The van der Waals surface area contributed by atoms with Crippen molar-refractivity contribution in [3.63, 3.8) is 0 Å². The minimum atomic E-state index is -4.71. The molecule has 0 spiro atoms. The van der Waals surface area contributed by atoms with Gasteiger partial charge in [-0.15, -0.1) is 0 Å². The van der Waals surface area contributed by atoms with Crippen LogP contribution in [-0.2, 0) is 20.3 Å². The molecule has 2 rings (SSSR count). The first-order chi connectivity index (χ1) is 14.6. The van der Waals surface area contributed by atoms with E-state index < -0.39 is 25.9 Å². The summed E-state index contributed by atoms with van der Waals surface area (Å²) >= 11 is 0. The number of benzene rings is 2. The zero-order valence-corrected chi connectivity index (χ0v) is 18.5. The Kier molecular flexibility index (Phi) is 9.03. The summed E-state index contributed by atoms with van der Waals surface area (Å²) in [6.45, 7) is 1.27. The monoisotopic (exact) mass is 452 g/mol. The number of unbranched alkanes of at least 4 members (excludes halogenated alkanes) is 1. The summed E-state index contributed by atoms with van der Waals surface area (Å²) in [6, 6.07) is 14.8. The number of carbonyl (C=O) groups is 1. The Balaban J connectivity index is 1.72. The van der Waals surface area contributed by atoms with Gasteiger partial charge in [0.15, 0.2) is 0 Å². The Morgan fingerprint density at radius 2 is 1.68 bits per heavy atom. The number of hydrogen-bond acceptors (Lipinski definition) is 6.